The van der Waals surface area contributed by atoms with Crippen LogP contribution < -0.4 is 0 Å². The Kier molecular flexibility index (Phi) is 6.45. The fourth-order valence-corrected chi connectivity index (χ4v) is 4.63. The third kappa shape index (κ3) is 5.45. The predicted molar refractivity (Wildman–Crippen MR) is 138 cm³/mol. The monoisotopic (exact) mass is 424 g/mol. The van der Waals surface area contributed by atoms with Crippen molar-refractivity contribution in [2.45, 2.75) is 13.1 Å². The number of rotatable bonds is 8. The highest BCUT2D eigenvalue weighted by Gasteiger charge is 2.18. The minimum absolute atomic E-state index is 0.946. The minimum atomic E-state index is 0.946. The number of fused-ring (bicyclic) bond motifs is 2. The van der Waals surface area contributed by atoms with Gasteiger partial charge in [0.05, 0.1) is 41.3 Å². The highest BCUT2D eigenvalue weighted by Crippen LogP contribution is 2.23. The van der Waals surface area contributed by atoms with Crippen LogP contribution in [0.4, 0.5) is 0 Å². The predicted octanol–water partition coefficient (Wildman–Crippen LogP) is 6.40. The molecule has 0 unspecified atom stereocenters. The molecule has 0 aliphatic carbocycles. The van der Waals surface area contributed by atoms with Crippen LogP contribution in [0.1, 0.15) is 11.1 Å². The first-order valence-electron chi connectivity index (χ1n) is 11.6. The molecule has 0 amide bonds. The first-order chi connectivity index (χ1) is 15.3. The van der Waals surface area contributed by atoms with Crippen LogP contribution in [-0.2, 0) is 13.1 Å². The Labute approximate surface area is 193 Å². The fourth-order valence-electron chi connectivity index (χ4n) is 4.63. The number of quaternary nitrogens is 2. The minimum Gasteiger partial charge on any atom is -0.321 e. The van der Waals surface area contributed by atoms with Crippen molar-refractivity contribution in [1.82, 2.24) is 0 Å². The number of hydrogen-bond donors (Lipinski definition) is 0. The molecule has 0 radical (unpaired) electrons. The normalized spacial score (nSPS) is 12.8. The second-order valence-electron chi connectivity index (χ2n) is 10.3. The molecule has 4 rings (SSSR count). The van der Waals surface area contributed by atoms with Crippen LogP contribution in [0.15, 0.2) is 97.1 Å². The van der Waals surface area contributed by atoms with Gasteiger partial charge in [-0.15, -0.1) is 0 Å². The quantitative estimate of drug-likeness (QED) is 0.227. The Morgan fingerprint density at radius 1 is 0.500 bits per heavy atom. The Hall–Kier alpha value is -2.94. The zero-order chi connectivity index (χ0) is 22.6. The van der Waals surface area contributed by atoms with Gasteiger partial charge in [0.15, 0.2) is 0 Å². The van der Waals surface area contributed by atoms with Gasteiger partial charge in [-0.1, -0.05) is 84.9 Å². The molecule has 164 valence electrons. The highest BCUT2D eigenvalue weighted by molar-refractivity contribution is 5.86. The van der Waals surface area contributed by atoms with Crippen molar-refractivity contribution < 1.29 is 8.97 Å². The molecule has 32 heavy (non-hydrogen) atoms. The summed E-state index contributed by atoms with van der Waals surface area (Å²) in [5.74, 6) is 0. The van der Waals surface area contributed by atoms with Crippen LogP contribution >= 0.6 is 0 Å². The van der Waals surface area contributed by atoms with Crippen LogP contribution in [0.2, 0.25) is 0 Å². The van der Waals surface area contributed by atoms with E-state index in [-0.39, 0.29) is 0 Å². The highest BCUT2D eigenvalue weighted by atomic mass is 15.3. The SMILES string of the molecule is C[N+](C)(CC=CC[N+](C)(C)Cc1cccc2ccccc12)Cc1cccc2ccccc12. The molecule has 0 saturated heterocycles. The summed E-state index contributed by atoms with van der Waals surface area (Å²) in [5, 5.41) is 5.40. The molecule has 0 heterocycles. The van der Waals surface area contributed by atoms with E-state index in [9.17, 15) is 0 Å². The van der Waals surface area contributed by atoms with Crippen molar-refractivity contribution in [2.24, 2.45) is 0 Å². The Balaban J connectivity index is 1.38. The maximum absolute atomic E-state index is 2.37. The van der Waals surface area contributed by atoms with Crippen LogP contribution in [0.3, 0.4) is 0 Å². The van der Waals surface area contributed by atoms with Gasteiger partial charge in [-0.25, -0.2) is 0 Å². The second kappa shape index (κ2) is 9.28. The average molecular weight is 425 g/mol. The molecular formula is C30H36N2+2. The molecule has 0 fully saturated rings. The number of hydrogen-bond acceptors (Lipinski definition) is 0. The van der Waals surface area contributed by atoms with E-state index in [0.29, 0.717) is 0 Å². The Bertz CT molecular complexity index is 1130. The van der Waals surface area contributed by atoms with Gasteiger partial charge in [0.2, 0.25) is 0 Å². The number of benzene rings is 4. The third-order valence-corrected chi connectivity index (χ3v) is 6.32. The molecule has 2 heteroatoms. The summed E-state index contributed by atoms with van der Waals surface area (Å²) < 4.78 is 1.89. The summed E-state index contributed by atoms with van der Waals surface area (Å²) in [6.07, 6.45) is 4.74. The number of likely N-dealkylation sites (N-methyl/N-ethyl adjacent to an activating group) is 2. The summed E-state index contributed by atoms with van der Waals surface area (Å²) in [7, 11) is 9.29. The molecule has 0 spiro atoms. The molecule has 4 aromatic carbocycles. The lowest BCUT2D eigenvalue weighted by atomic mass is 10.0. The molecular weight excluding hydrogens is 388 g/mol. The molecule has 0 aliphatic heterocycles. The largest absolute Gasteiger partial charge is 0.321 e. The summed E-state index contributed by atoms with van der Waals surface area (Å²) in [6.45, 7) is 4.11. The Morgan fingerprint density at radius 2 is 0.875 bits per heavy atom. The van der Waals surface area contributed by atoms with Crippen LogP contribution in [0, 0.1) is 0 Å². The van der Waals surface area contributed by atoms with E-state index in [0.717, 1.165) is 35.1 Å². The van der Waals surface area contributed by atoms with E-state index in [4.69, 9.17) is 0 Å². The van der Waals surface area contributed by atoms with Crippen molar-refractivity contribution in [3.8, 4) is 0 Å². The van der Waals surface area contributed by atoms with Crippen molar-refractivity contribution in [3.63, 3.8) is 0 Å². The summed E-state index contributed by atoms with van der Waals surface area (Å²) in [5.41, 5.74) is 2.85. The topological polar surface area (TPSA) is 0 Å². The molecule has 0 saturated carbocycles. The van der Waals surface area contributed by atoms with Gasteiger partial charge in [-0.2, -0.15) is 0 Å². The van der Waals surface area contributed by atoms with Gasteiger partial charge in [-0.05, 0) is 33.7 Å². The van der Waals surface area contributed by atoms with Gasteiger partial charge in [0.25, 0.3) is 0 Å². The summed E-state index contributed by atoms with van der Waals surface area (Å²) in [6, 6.07) is 30.7. The van der Waals surface area contributed by atoms with E-state index in [1.54, 1.807) is 0 Å². The van der Waals surface area contributed by atoms with Gasteiger partial charge >= 0.3 is 0 Å². The second-order valence-corrected chi connectivity index (χ2v) is 10.3. The first kappa shape index (κ1) is 22.3. The van der Waals surface area contributed by atoms with E-state index >= 15 is 0 Å². The van der Waals surface area contributed by atoms with Crippen LogP contribution in [0.5, 0.6) is 0 Å². The maximum atomic E-state index is 2.37. The number of nitrogens with zero attached hydrogens (tertiary/aromatic N) is 2. The van der Waals surface area contributed by atoms with Crippen molar-refractivity contribution in [3.05, 3.63) is 108 Å². The lowest BCUT2D eigenvalue weighted by Gasteiger charge is -2.30. The zero-order valence-corrected chi connectivity index (χ0v) is 20.0. The molecule has 0 atom stereocenters. The fraction of sp³-hybridized carbons (Fsp3) is 0.267. The van der Waals surface area contributed by atoms with Crippen molar-refractivity contribution in [2.75, 3.05) is 41.3 Å². The third-order valence-electron chi connectivity index (χ3n) is 6.32. The van der Waals surface area contributed by atoms with Gasteiger partial charge in [0.1, 0.15) is 13.1 Å². The molecule has 0 N–H and O–H groups in total. The van der Waals surface area contributed by atoms with E-state index in [1.165, 1.54) is 32.7 Å². The molecule has 2 nitrogen and oxygen atoms in total. The summed E-state index contributed by atoms with van der Waals surface area (Å²) in [4.78, 5) is 0. The van der Waals surface area contributed by atoms with Gasteiger partial charge in [0, 0.05) is 11.1 Å². The smallest absolute Gasteiger partial charge is 0.105 e. The standard InChI is InChI=1S/C30H36N2/c1-31(2,23-27-17-11-15-25-13-5-7-19-29(25)27)21-9-10-22-32(3,4)24-28-18-12-16-26-14-6-8-20-30(26)28/h5-20H,21-24H2,1-4H3/q+2. The first-order valence-corrected chi connectivity index (χ1v) is 11.6. The molecule has 0 aliphatic rings. The van der Waals surface area contributed by atoms with Crippen molar-refractivity contribution in [1.29, 1.82) is 0 Å². The maximum Gasteiger partial charge on any atom is 0.105 e. The summed E-state index contributed by atoms with van der Waals surface area (Å²) >= 11 is 0. The molecule has 0 aromatic heterocycles. The Morgan fingerprint density at radius 3 is 1.31 bits per heavy atom. The molecule has 0 bridgehead atoms. The lowest BCUT2D eigenvalue weighted by Crippen LogP contribution is -2.40. The van der Waals surface area contributed by atoms with Crippen LogP contribution in [-0.4, -0.2) is 50.2 Å². The van der Waals surface area contributed by atoms with Crippen molar-refractivity contribution >= 4 is 21.5 Å². The zero-order valence-electron chi connectivity index (χ0n) is 20.0. The average Bonchev–Trinajstić information content (AvgIpc) is 2.77. The van der Waals surface area contributed by atoms with E-state index in [2.05, 4.69) is 125 Å². The van der Waals surface area contributed by atoms with Crippen LogP contribution in [0.25, 0.3) is 21.5 Å². The van der Waals surface area contributed by atoms with E-state index in [1.807, 2.05) is 0 Å². The molecule has 4 aromatic rings. The lowest BCUT2D eigenvalue weighted by molar-refractivity contribution is -0.900. The van der Waals surface area contributed by atoms with E-state index < -0.39 is 0 Å². The van der Waals surface area contributed by atoms with Gasteiger partial charge < -0.3 is 8.97 Å². The van der Waals surface area contributed by atoms with Gasteiger partial charge in [-0.3, -0.25) is 0 Å².